The monoisotopic (exact) mass is 529 g/mol. The van der Waals surface area contributed by atoms with E-state index in [1.54, 1.807) is 6.92 Å². The highest BCUT2D eigenvalue weighted by Gasteiger charge is 2.53. The zero-order valence-electron chi connectivity index (χ0n) is 16.7. The van der Waals surface area contributed by atoms with E-state index in [1.165, 1.54) is 36.4 Å². The number of sulfone groups is 1. The van der Waals surface area contributed by atoms with Gasteiger partial charge in [-0.1, -0.05) is 11.6 Å². The Balaban J connectivity index is 1.60. The number of rotatable bonds is 4. The van der Waals surface area contributed by atoms with Crippen molar-refractivity contribution in [3.05, 3.63) is 57.3 Å². The summed E-state index contributed by atoms with van der Waals surface area (Å²) in [5, 5.41) is 12.7. The third kappa shape index (κ3) is 4.15. The molecule has 166 valence electrons. The van der Waals surface area contributed by atoms with Gasteiger partial charge in [-0.05, 0) is 96.8 Å². The lowest BCUT2D eigenvalue weighted by Crippen LogP contribution is -2.45. The number of fused-ring (bicyclic) bond motifs is 2. The summed E-state index contributed by atoms with van der Waals surface area (Å²) >= 11 is 9.30. The van der Waals surface area contributed by atoms with Crippen molar-refractivity contribution in [3.63, 3.8) is 0 Å². The zero-order valence-corrected chi connectivity index (χ0v) is 19.9. The van der Waals surface area contributed by atoms with Crippen LogP contribution < -0.4 is 5.32 Å². The fourth-order valence-electron chi connectivity index (χ4n) is 4.84. The quantitative estimate of drug-likeness (QED) is 0.569. The maximum absolute atomic E-state index is 13.4. The molecule has 0 aromatic heterocycles. The number of halogens is 3. The summed E-state index contributed by atoms with van der Waals surface area (Å²) in [5.74, 6) is -1.11. The van der Waals surface area contributed by atoms with Crippen LogP contribution in [0.2, 0.25) is 5.02 Å². The maximum atomic E-state index is 13.4. The van der Waals surface area contributed by atoms with Gasteiger partial charge in [0.05, 0.1) is 25.2 Å². The molecule has 2 aliphatic rings. The molecule has 2 saturated carbocycles. The number of hydrogen-bond acceptors (Lipinski definition) is 4. The molecule has 9 heteroatoms. The van der Waals surface area contributed by atoms with Crippen molar-refractivity contribution < 1.29 is 22.7 Å². The van der Waals surface area contributed by atoms with Gasteiger partial charge in [0, 0.05) is 11.3 Å². The van der Waals surface area contributed by atoms with Crippen LogP contribution in [0.15, 0.2) is 45.8 Å². The van der Waals surface area contributed by atoms with E-state index in [9.17, 15) is 22.7 Å². The molecule has 0 heterocycles. The summed E-state index contributed by atoms with van der Waals surface area (Å²) in [4.78, 5) is 12.6. The van der Waals surface area contributed by atoms with Crippen LogP contribution in [0.1, 0.15) is 43.0 Å². The second-order valence-electron chi connectivity index (χ2n) is 8.56. The molecule has 31 heavy (non-hydrogen) atoms. The van der Waals surface area contributed by atoms with Gasteiger partial charge < -0.3 is 10.4 Å². The van der Waals surface area contributed by atoms with E-state index in [4.69, 9.17) is 11.6 Å². The summed E-state index contributed by atoms with van der Waals surface area (Å²) in [6, 6.07) is 8.19. The van der Waals surface area contributed by atoms with Crippen molar-refractivity contribution in [1.82, 2.24) is 0 Å². The lowest BCUT2D eigenvalue weighted by atomic mass is 9.76. The molecule has 2 N–H and O–H groups in total. The molecule has 0 saturated heterocycles. The van der Waals surface area contributed by atoms with E-state index < -0.39 is 32.4 Å². The topological polar surface area (TPSA) is 83.5 Å². The predicted molar refractivity (Wildman–Crippen MR) is 121 cm³/mol. The number of carbonyl (C=O) groups excluding carboxylic acids is 1. The number of nitrogens with one attached hydrogen (secondary N) is 1. The third-order valence-electron chi connectivity index (χ3n) is 6.73. The minimum atomic E-state index is -3.79. The Kier molecular flexibility index (Phi) is 5.96. The fourth-order valence-corrected chi connectivity index (χ4v) is 7.62. The van der Waals surface area contributed by atoms with E-state index in [0.717, 1.165) is 12.8 Å². The molecule has 2 unspecified atom stereocenters. The standard InChI is InChI=1S/C22H22BrClFNO4S/c1-22(28)13-3-4-14(22)10-16(9-13)31(29,30)20-8-12(2-6-18(20)24)21(27)26-15-5-7-19(25)17(23)11-15/h2,5-8,11,13-14,16,28H,3-4,9-10H2,1H3,(H,26,27)/t13?,14?,16-,22-. The van der Waals surface area contributed by atoms with Crippen molar-refractivity contribution in [2.75, 3.05) is 5.32 Å². The Morgan fingerprint density at radius 3 is 2.45 bits per heavy atom. The summed E-state index contributed by atoms with van der Waals surface area (Å²) in [6.45, 7) is 1.80. The van der Waals surface area contributed by atoms with E-state index >= 15 is 0 Å². The van der Waals surface area contributed by atoms with E-state index in [1.807, 2.05) is 0 Å². The highest BCUT2D eigenvalue weighted by molar-refractivity contribution is 9.10. The lowest BCUT2D eigenvalue weighted by Gasteiger charge is -2.40. The average Bonchev–Trinajstić information content (AvgIpc) is 2.87. The van der Waals surface area contributed by atoms with E-state index in [-0.39, 0.29) is 31.8 Å². The SMILES string of the molecule is C[C@]1(O)C2CCC1C[C@@H](S(=O)(=O)c1cc(C(=O)Nc3ccc(F)c(Br)c3)ccc1Cl)C2. The highest BCUT2D eigenvalue weighted by Crippen LogP contribution is 2.51. The molecule has 2 atom stereocenters. The molecule has 4 rings (SSSR count). The van der Waals surface area contributed by atoms with Gasteiger partial charge in [0.2, 0.25) is 0 Å². The van der Waals surface area contributed by atoms with Gasteiger partial charge in [-0.2, -0.15) is 0 Å². The number of benzene rings is 2. The molecule has 2 aliphatic carbocycles. The first-order valence-corrected chi connectivity index (χ1v) is 12.7. The van der Waals surface area contributed by atoms with Crippen LogP contribution in [0.5, 0.6) is 0 Å². The van der Waals surface area contributed by atoms with Gasteiger partial charge in [0.25, 0.3) is 5.91 Å². The summed E-state index contributed by atoms with van der Waals surface area (Å²) in [6.07, 6.45) is 2.38. The number of hydrogen-bond donors (Lipinski definition) is 2. The number of carbonyl (C=O) groups is 1. The van der Waals surface area contributed by atoms with Crippen molar-refractivity contribution in [3.8, 4) is 0 Å². The van der Waals surface area contributed by atoms with Gasteiger partial charge >= 0.3 is 0 Å². The van der Waals surface area contributed by atoms with Crippen molar-refractivity contribution in [2.45, 2.75) is 48.4 Å². The smallest absolute Gasteiger partial charge is 0.255 e. The Morgan fingerprint density at radius 2 is 1.84 bits per heavy atom. The fraction of sp³-hybridized carbons (Fsp3) is 0.409. The van der Waals surface area contributed by atoms with Crippen LogP contribution >= 0.6 is 27.5 Å². The highest BCUT2D eigenvalue weighted by atomic mass is 79.9. The van der Waals surface area contributed by atoms with Crippen LogP contribution in [-0.2, 0) is 9.84 Å². The molecule has 2 aromatic rings. The third-order valence-corrected chi connectivity index (χ3v) is 9.99. The van der Waals surface area contributed by atoms with Gasteiger partial charge in [0.1, 0.15) is 5.82 Å². The Hall–Kier alpha value is -1.48. The Morgan fingerprint density at radius 1 is 1.19 bits per heavy atom. The first-order valence-electron chi connectivity index (χ1n) is 10.0. The van der Waals surface area contributed by atoms with Gasteiger partial charge in [0.15, 0.2) is 9.84 Å². The molecule has 1 amide bonds. The van der Waals surface area contributed by atoms with Gasteiger partial charge in [-0.15, -0.1) is 0 Å². The van der Waals surface area contributed by atoms with Gasteiger partial charge in [-0.3, -0.25) is 4.79 Å². The first-order chi connectivity index (χ1) is 14.5. The zero-order chi connectivity index (χ0) is 22.6. The van der Waals surface area contributed by atoms with E-state index in [0.29, 0.717) is 18.5 Å². The van der Waals surface area contributed by atoms with Crippen LogP contribution in [0.25, 0.3) is 0 Å². The maximum Gasteiger partial charge on any atom is 0.255 e. The molecule has 0 spiro atoms. The number of amides is 1. The lowest BCUT2D eigenvalue weighted by molar-refractivity contribution is -0.0413. The average molecular weight is 531 g/mol. The van der Waals surface area contributed by atoms with Crippen LogP contribution in [-0.4, -0.2) is 30.3 Å². The largest absolute Gasteiger partial charge is 0.390 e. The normalized spacial score (nSPS) is 27.8. The Bertz CT molecular complexity index is 1140. The molecule has 5 nitrogen and oxygen atoms in total. The molecule has 2 fully saturated rings. The molecule has 2 bridgehead atoms. The van der Waals surface area contributed by atoms with E-state index in [2.05, 4.69) is 21.2 Å². The Labute approximate surface area is 194 Å². The number of aliphatic hydroxyl groups is 1. The van der Waals surface area contributed by atoms with Crippen LogP contribution in [0.4, 0.5) is 10.1 Å². The first kappa shape index (κ1) is 22.7. The van der Waals surface area contributed by atoms with Gasteiger partial charge in [-0.25, -0.2) is 12.8 Å². The summed E-state index contributed by atoms with van der Waals surface area (Å²) in [5.41, 5.74) is -0.334. The predicted octanol–water partition coefficient (Wildman–Crippen LogP) is 5.21. The van der Waals surface area contributed by atoms with Crippen LogP contribution in [0.3, 0.4) is 0 Å². The second-order valence-corrected chi connectivity index (χ2v) is 12.0. The van der Waals surface area contributed by atoms with Crippen molar-refractivity contribution >= 4 is 49.0 Å². The molecule has 2 aromatic carbocycles. The summed E-state index contributed by atoms with van der Waals surface area (Å²) < 4.78 is 40.4. The molecule has 0 radical (unpaired) electrons. The molecule has 0 aliphatic heterocycles. The minimum absolute atomic E-state index is 0.0609. The van der Waals surface area contributed by atoms with Crippen molar-refractivity contribution in [2.24, 2.45) is 11.8 Å². The number of anilines is 1. The van der Waals surface area contributed by atoms with Crippen molar-refractivity contribution in [1.29, 1.82) is 0 Å². The minimum Gasteiger partial charge on any atom is -0.390 e. The van der Waals surface area contributed by atoms with Crippen LogP contribution in [0, 0.1) is 17.7 Å². The second kappa shape index (κ2) is 8.14. The summed E-state index contributed by atoms with van der Waals surface area (Å²) in [7, 11) is -3.79. The molecular formula is C22H22BrClFNO4S. The molecular weight excluding hydrogens is 509 g/mol.